The largest absolute Gasteiger partial charge is 0.342 e. The van der Waals surface area contributed by atoms with Crippen LogP contribution >= 0.6 is 19.8 Å². The van der Waals surface area contributed by atoms with Crippen molar-refractivity contribution in [2.75, 3.05) is 0 Å². The summed E-state index contributed by atoms with van der Waals surface area (Å²) < 4.78 is 51.2. The van der Waals surface area contributed by atoms with E-state index in [-0.39, 0.29) is 0 Å². The molecule has 0 unspecified atom stereocenters. The molecule has 0 heterocycles. The van der Waals surface area contributed by atoms with Gasteiger partial charge in [0.15, 0.2) is 0 Å². The summed E-state index contributed by atoms with van der Waals surface area (Å²) in [5, 5.41) is 10.3. The van der Waals surface area contributed by atoms with Crippen molar-refractivity contribution in [3.8, 4) is 0 Å². The van der Waals surface area contributed by atoms with Crippen LogP contribution in [0.1, 0.15) is 0 Å². The zero-order valence-corrected chi connectivity index (χ0v) is 10.3. The van der Waals surface area contributed by atoms with E-state index in [9.17, 15) is 24.7 Å². The Morgan fingerprint density at radius 2 is 1.88 bits per heavy atom. The lowest BCUT2D eigenvalue weighted by molar-refractivity contribution is -0.385. The first kappa shape index (κ1) is 12.9. The van der Waals surface area contributed by atoms with E-state index >= 15 is 0 Å². The second-order valence-corrected chi connectivity index (χ2v) is 6.36. The maximum Gasteiger partial charge on any atom is 0.342 e. The third kappa shape index (κ3) is 2.70. The molecule has 0 bridgehead atoms. The monoisotopic (exact) mass is 361 g/mol. The van der Waals surface area contributed by atoms with E-state index in [1.54, 1.807) is 0 Å². The van der Waals surface area contributed by atoms with E-state index in [2.05, 4.69) is 0 Å². The molecule has 0 aliphatic heterocycles. The second kappa shape index (κ2) is 4.39. The normalized spacial score (nSPS) is 11.6. The molecular weight excluding hydrogens is 357 g/mol. The molecule has 1 aromatic carbocycles. The first-order valence-corrected chi connectivity index (χ1v) is 7.82. The van der Waals surface area contributed by atoms with Gasteiger partial charge in [-0.3, -0.25) is 14.7 Å². The van der Waals surface area contributed by atoms with Gasteiger partial charge in [-0.15, -0.1) is 0 Å². The van der Waals surface area contributed by atoms with E-state index in [1.807, 2.05) is 0 Å². The van der Waals surface area contributed by atoms with Crippen molar-refractivity contribution in [3.05, 3.63) is 31.9 Å². The summed E-state index contributed by atoms with van der Waals surface area (Å²) in [7, 11) is -4.80. The number of nitrogens with zero attached hydrogens (tertiary/aromatic N) is 1. The number of halogens is 1. The number of non-ortho nitro benzene ring substituents is 1. The van der Waals surface area contributed by atoms with Crippen molar-refractivity contribution in [1.82, 2.24) is 0 Å². The third-order valence-corrected chi connectivity index (χ3v) is 4.72. The molecule has 0 aliphatic carbocycles. The molecule has 10 heteroatoms. The van der Waals surface area contributed by atoms with Crippen molar-refractivity contribution in [2.45, 2.75) is 4.90 Å². The molecule has 0 amide bonds. The Bertz CT molecular complexity index is 610. The van der Waals surface area contributed by atoms with Crippen LogP contribution < -0.4 is 0 Å². The molecule has 16 heavy (non-hydrogen) atoms. The number of hydrogen-bond donors (Lipinski definition) is 1. The smallest absolute Gasteiger partial charge is 0.282 e. The summed E-state index contributed by atoms with van der Waals surface area (Å²) in [4.78, 5) is 8.49. The standard InChI is InChI=1S/C6H4INO7S/c9-7(10)5-2-1-4(8(11)12)3-6(5)16(13,14)15/h1-3H,(H,13,14,15). The fraction of sp³-hybridized carbons (Fsp3) is 0. The minimum Gasteiger partial charge on any atom is -0.282 e. The number of benzene rings is 1. The maximum atomic E-state index is 10.8. The zero-order valence-electron chi connectivity index (χ0n) is 7.36. The van der Waals surface area contributed by atoms with Crippen LogP contribution in [0, 0.1) is 13.7 Å². The van der Waals surface area contributed by atoms with Gasteiger partial charge in [0.25, 0.3) is 15.8 Å². The highest BCUT2D eigenvalue weighted by Crippen LogP contribution is 2.28. The van der Waals surface area contributed by atoms with Crippen LogP contribution in [0.2, 0.25) is 0 Å². The second-order valence-electron chi connectivity index (χ2n) is 2.56. The number of hydrogen-bond acceptors (Lipinski definition) is 6. The Morgan fingerprint density at radius 1 is 1.31 bits per heavy atom. The fourth-order valence-corrected chi connectivity index (χ4v) is 3.84. The Morgan fingerprint density at radius 3 is 2.25 bits per heavy atom. The predicted molar refractivity (Wildman–Crippen MR) is 57.0 cm³/mol. The Labute approximate surface area is 96.3 Å². The Hall–Kier alpha value is -1.14. The van der Waals surface area contributed by atoms with Gasteiger partial charge in [-0.1, -0.05) is 0 Å². The molecule has 8 nitrogen and oxygen atoms in total. The Balaban J connectivity index is 3.64. The lowest BCUT2D eigenvalue weighted by Crippen LogP contribution is -2.02. The maximum absolute atomic E-state index is 10.8. The molecule has 0 saturated heterocycles. The van der Waals surface area contributed by atoms with E-state index in [0.717, 1.165) is 12.1 Å². The minimum absolute atomic E-state index is 0.505. The number of nitro groups is 1. The first-order valence-electron chi connectivity index (χ1n) is 3.54. The van der Waals surface area contributed by atoms with E-state index in [0.29, 0.717) is 6.07 Å². The van der Waals surface area contributed by atoms with Crippen LogP contribution in [-0.2, 0) is 16.3 Å². The highest BCUT2D eigenvalue weighted by atomic mass is 127. The molecule has 0 spiro atoms. The van der Waals surface area contributed by atoms with Gasteiger partial charge < -0.3 is 0 Å². The SMILES string of the molecule is O=[N+]([O-])c1ccc(I(=O)=O)c(S(=O)(=O)O)c1. The van der Waals surface area contributed by atoms with E-state index < -0.39 is 49.0 Å². The predicted octanol–water partition coefficient (Wildman–Crippen LogP) is 1.21. The molecule has 1 N–H and O–H groups in total. The summed E-state index contributed by atoms with van der Waals surface area (Å²) in [5.74, 6) is 0. The van der Waals surface area contributed by atoms with Crippen molar-refractivity contribution in [2.24, 2.45) is 0 Å². The molecule has 0 saturated carbocycles. The fourth-order valence-electron chi connectivity index (χ4n) is 0.931. The van der Waals surface area contributed by atoms with E-state index in [1.165, 1.54) is 0 Å². The van der Waals surface area contributed by atoms with Gasteiger partial charge in [0.05, 0.1) is 8.49 Å². The van der Waals surface area contributed by atoms with E-state index in [4.69, 9.17) is 4.55 Å². The molecule has 1 aromatic rings. The molecule has 0 atom stereocenters. The van der Waals surface area contributed by atoms with Gasteiger partial charge in [-0.25, -0.2) is 6.14 Å². The summed E-state index contributed by atoms with van der Waals surface area (Å²) in [6.07, 6.45) is 0. The van der Waals surface area contributed by atoms with Crippen LogP contribution in [0.15, 0.2) is 23.1 Å². The Kier molecular flexibility index (Phi) is 3.54. The molecular formula is C6H4INO7S. The molecule has 88 valence electrons. The molecule has 1 rings (SSSR count). The highest BCUT2D eigenvalue weighted by Gasteiger charge is 2.22. The molecule has 0 fully saturated rings. The minimum atomic E-state index is -4.80. The quantitative estimate of drug-likeness (QED) is 0.370. The lowest BCUT2D eigenvalue weighted by Gasteiger charge is -1.99. The van der Waals surface area contributed by atoms with Crippen LogP contribution in [0.4, 0.5) is 5.69 Å². The molecule has 0 aliphatic rings. The van der Waals surface area contributed by atoms with Gasteiger partial charge in [0.1, 0.15) is 4.90 Å². The van der Waals surface area contributed by atoms with Gasteiger partial charge in [0, 0.05) is 12.1 Å². The lowest BCUT2D eigenvalue weighted by atomic mass is 10.3. The summed E-state index contributed by atoms with van der Waals surface area (Å²) in [6, 6.07) is 2.14. The van der Waals surface area contributed by atoms with Crippen LogP contribution in [0.5, 0.6) is 0 Å². The van der Waals surface area contributed by atoms with Gasteiger partial charge in [-0.05, 0) is 6.07 Å². The van der Waals surface area contributed by atoms with Crippen LogP contribution in [0.3, 0.4) is 0 Å². The zero-order chi connectivity index (χ0) is 12.5. The van der Waals surface area contributed by atoms with Crippen molar-refractivity contribution < 1.29 is 24.0 Å². The summed E-state index contributed by atoms with van der Waals surface area (Å²) in [6.45, 7) is 0. The summed E-state index contributed by atoms with van der Waals surface area (Å²) in [5.41, 5.74) is -0.617. The average molecular weight is 361 g/mol. The molecule has 0 aromatic heterocycles. The number of rotatable bonds is 3. The van der Waals surface area contributed by atoms with Crippen molar-refractivity contribution >= 4 is 35.6 Å². The van der Waals surface area contributed by atoms with Crippen LogP contribution in [-0.4, -0.2) is 17.9 Å². The third-order valence-electron chi connectivity index (χ3n) is 1.57. The first-order chi connectivity index (χ1) is 7.23. The average Bonchev–Trinajstić information content (AvgIpc) is 2.15. The summed E-state index contributed by atoms with van der Waals surface area (Å²) >= 11 is -4.15. The number of nitro benzene ring substituents is 1. The van der Waals surface area contributed by atoms with Gasteiger partial charge in [-0.2, -0.15) is 8.42 Å². The van der Waals surface area contributed by atoms with Gasteiger partial charge in [0.2, 0.25) is 0 Å². The van der Waals surface area contributed by atoms with Crippen molar-refractivity contribution in [3.63, 3.8) is 0 Å². The molecule has 0 radical (unpaired) electrons. The van der Waals surface area contributed by atoms with Crippen molar-refractivity contribution in [1.29, 1.82) is 0 Å². The highest BCUT2D eigenvalue weighted by molar-refractivity contribution is 14.2. The van der Waals surface area contributed by atoms with Gasteiger partial charge >= 0.3 is 19.8 Å². The topological polar surface area (TPSA) is 132 Å². The van der Waals surface area contributed by atoms with Crippen LogP contribution in [0.25, 0.3) is 0 Å².